The summed E-state index contributed by atoms with van der Waals surface area (Å²) in [6.07, 6.45) is 0. The molecule has 2 heterocycles. The molecule has 3 rings (SSSR count). The third-order valence-electron chi connectivity index (χ3n) is 4.74. The van der Waals surface area contributed by atoms with Gasteiger partial charge in [0.2, 0.25) is 0 Å². The van der Waals surface area contributed by atoms with Crippen molar-refractivity contribution in [3.63, 3.8) is 0 Å². The van der Waals surface area contributed by atoms with E-state index in [0.717, 1.165) is 15.8 Å². The Morgan fingerprint density at radius 1 is 0.964 bits per heavy atom. The van der Waals surface area contributed by atoms with Crippen LogP contribution in [0.1, 0.15) is 16.1 Å². The van der Waals surface area contributed by atoms with Gasteiger partial charge in [-0.1, -0.05) is 12.1 Å². The number of amides is 1. The van der Waals surface area contributed by atoms with Crippen molar-refractivity contribution < 1.29 is 4.79 Å². The number of pyridine rings is 1. The second kappa shape index (κ2) is 7.30. The summed E-state index contributed by atoms with van der Waals surface area (Å²) in [5, 5.41) is 0.295. The lowest BCUT2D eigenvalue weighted by atomic mass is 10.2. The van der Waals surface area contributed by atoms with Crippen molar-refractivity contribution in [1.82, 2.24) is 19.0 Å². The molecule has 28 heavy (non-hydrogen) atoms. The van der Waals surface area contributed by atoms with E-state index in [2.05, 4.69) is 4.98 Å². The molecule has 146 valence electrons. The van der Waals surface area contributed by atoms with E-state index in [9.17, 15) is 14.4 Å². The summed E-state index contributed by atoms with van der Waals surface area (Å²) in [5.41, 5.74) is 1.54. The summed E-state index contributed by atoms with van der Waals surface area (Å²) >= 11 is 0. The minimum atomic E-state index is -0.482. The summed E-state index contributed by atoms with van der Waals surface area (Å²) < 4.78 is 2.29. The Bertz CT molecular complexity index is 1160. The molecule has 0 unspecified atom stereocenters. The molecule has 0 saturated heterocycles. The Balaban J connectivity index is 1.90. The molecule has 2 aromatic heterocycles. The Labute approximate surface area is 162 Å². The van der Waals surface area contributed by atoms with Gasteiger partial charge in [-0.15, -0.1) is 0 Å². The third-order valence-corrected chi connectivity index (χ3v) is 4.74. The average Bonchev–Trinajstić information content (AvgIpc) is 2.70. The number of hydrogen-bond donors (Lipinski definition) is 0. The predicted octanol–water partition coefficient (Wildman–Crippen LogP) is 0.970. The fraction of sp³-hybridized carbons (Fsp3) is 0.300. The van der Waals surface area contributed by atoms with Crippen LogP contribution in [-0.4, -0.2) is 46.1 Å². The fourth-order valence-corrected chi connectivity index (χ4v) is 3.01. The molecule has 0 spiro atoms. The predicted molar refractivity (Wildman–Crippen MR) is 109 cm³/mol. The lowest BCUT2D eigenvalue weighted by molar-refractivity contribution is 0.0779. The SMILES string of the molecule is CN(Cc1ccc(N(C)C)cc1)C(=O)c1ccc2c(=O)n(C)c(=O)n(C)c2n1. The van der Waals surface area contributed by atoms with Gasteiger partial charge in [0, 0.05) is 47.5 Å². The molecule has 8 nitrogen and oxygen atoms in total. The zero-order valence-electron chi connectivity index (χ0n) is 16.6. The number of benzene rings is 1. The van der Waals surface area contributed by atoms with Crippen molar-refractivity contribution >= 4 is 22.6 Å². The van der Waals surface area contributed by atoms with Crippen LogP contribution in [0, 0.1) is 0 Å². The van der Waals surface area contributed by atoms with Crippen molar-refractivity contribution in [2.45, 2.75) is 6.54 Å². The minimum absolute atomic E-state index is 0.183. The number of carbonyl (C=O) groups excluding carboxylic acids is 1. The normalized spacial score (nSPS) is 10.9. The third kappa shape index (κ3) is 3.40. The van der Waals surface area contributed by atoms with Crippen LogP contribution in [0.4, 0.5) is 5.69 Å². The van der Waals surface area contributed by atoms with Gasteiger partial charge in [0.05, 0.1) is 5.39 Å². The molecule has 0 fully saturated rings. The summed E-state index contributed by atoms with van der Waals surface area (Å²) in [6.45, 7) is 0.418. The lowest BCUT2D eigenvalue weighted by Gasteiger charge is -2.18. The van der Waals surface area contributed by atoms with Crippen molar-refractivity contribution in [3.05, 3.63) is 68.5 Å². The van der Waals surface area contributed by atoms with E-state index >= 15 is 0 Å². The molecule has 1 aromatic carbocycles. The van der Waals surface area contributed by atoms with Crippen molar-refractivity contribution in [2.75, 3.05) is 26.0 Å². The number of rotatable bonds is 4. The highest BCUT2D eigenvalue weighted by Gasteiger charge is 2.17. The number of anilines is 1. The van der Waals surface area contributed by atoms with Crippen LogP contribution in [0.15, 0.2) is 46.0 Å². The van der Waals surface area contributed by atoms with Gasteiger partial charge >= 0.3 is 5.69 Å². The molecule has 0 aliphatic rings. The first kappa shape index (κ1) is 19.3. The quantitative estimate of drug-likeness (QED) is 0.673. The minimum Gasteiger partial charge on any atom is -0.378 e. The van der Waals surface area contributed by atoms with E-state index in [1.165, 1.54) is 30.8 Å². The van der Waals surface area contributed by atoms with E-state index in [-0.39, 0.29) is 17.2 Å². The maximum atomic E-state index is 12.8. The number of aryl methyl sites for hydroxylation is 1. The topological polar surface area (TPSA) is 80.4 Å². The first-order valence-corrected chi connectivity index (χ1v) is 8.79. The molecule has 0 bridgehead atoms. The van der Waals surface area contributed by atoms with Gasteiger partial charge in [0.25, 0.3) is 11.5 Å². The van der Waals surface area contributed by atoms with Gasteiger partial charge < -0.3 is 9.80 Å². The second-order valence-corrected chi connectivity index (χ2v) is 7.00. The molecule has 8 heteroatoms. The van der Waals surface area contributed by atoms with Crippen molar-refractivity contribution in [1.29, 1.82) is 0 Å². The van der Waals surface area contributed by atoms with Gasteiger partial charge in [0.15, 0.2) is 0 Å². The highest BCUT2D eigenvalue weighted by molar-refractivity contribution is 5.94. The van der Waals surface area contributed by atoms with E-state index in [1.807, 2.05) is 43.3 Å². The van der Waals surface area contributed by atoms with Crippen LogP contribution >= 0.6 is 0 Å². The summed E-state index contributed by atoms with van der Waals surface area (Å²) in [4.78, 5) is 45.0. The molecular weight excluding hydrogens is 358 g/mol. The number of fused-ring (bicyclic) bond motifs is 1. The number of aromatic nitrogens is 3. The van der Waals surface area contributed by atoms with Crippen LogP contribution in [0.3, 0.4) is 0 Å². The zero-order chi connectivity index (χ0) is 20.6. The highest BCUT2D eigenvalue weighted by Crippen LogP contribution is 2.15. The Morgan fingerprint density at radius 2 is 1.61 bits per heavy atom. The van der Waals surface area contributed by atoms with Crippen LogP contribution in [0.25, 0.3) is 11.0 Å². The maximum absolute atomic E-state index is 12.8. The van der Waals surface area contributed by atoms with Gasteiger partial charge in [-0.05, 0) is 29.8 Å². The maximum Gasteiger partial charge on any atom is 0.332 e. The van der Waals surface area contributed by atoms with E-state index in [0.29, 0.717) is 11.9 Å². The summed E-state index contributed by atoms with van der Waals surface area (Å²) in [5.74, 6) is -0.285. The molecule has 3 aromatic rings. The number of carbonyl (C=O) groups is 1. The van der Waals surface area contributed by atoms with Crippen LogP contribution in [0.2, 0.25) is 0 Å². The van der Waals surface area contributed by atoms with E-state index in [1.54, 1.807) is 11.9 Å². The highest BCUT2D eigenvalue weighted by atomic mass is 16.2. The fourth-order valence-electron chi connectivity index (χ4n) is 3.01. The smallest absolute Gasteiger partial charge is 0.332 e. The van der Waals surface area contributed by atoms with E-state index in [4.69, 9.17) is 0 Å². The molecule has 0 saturated carbocycles. The summed E-state index contributed by atoms with van der Waals surface area (Å²) in [6, 6.07) is 11.0. The monoisotopic (exact) mass is 381 g/mol. The van der Waals surface area contributed by atoms with Crippen LogP contribution in [0.5, 0.6) is 0 Å². The Hall–Kier alpha value is -3.42. The van der Waals surface area contributed by atoms with Gasteiger partial charge in [-0.3, -0.25) is 18.7 Å². The second-order valence-electron chi connectivity index (χ2n) is 7.00. The lowest BCUT2D eigenvalue weighted by Crippen LogP contribution is -2.37. The molecule has 0 N–H and O–H groups in total. The largest absolute Gasteiger partial charge is 0.378 e. The molecule has 0 aliphatic carbocycles. The average molecular weight is 381 g/mol. The molecule has 0 radical (unpaired) electrons. The van der Waals surface area contributed by atoms with Crippen molar-refractivity contribution in [2.24, 2.45) is 14.1 Å². The zero-order valence-corrected chi connectivity index (χ0v) is 16.6. The van der Waals surface area contributed by atoms with E-state index < -0.39 is 11.2 Å². The first-order valence-electron chi connectivity index (χ1n) is 8.79. The summed E-state index contributed by atoms with van der Waals surface area (Å²) in [7, 11) is 8.57. The first-order chi connectivity index (χ1) is 13.2. The Kier molecular flexibility index (Phi) is 5.04. The van der Waals surface area contributed by atoms with Crippen LogP contribution in [-0.2, 0) is 20.6 Å². The van der Waals surface area contributed by atoms with Gasteiger partial charge in [-0.2, -0.15) is 0 Å². The Morgan fingerprint density at radius 3 is 2.21 bits per heavy atom. The van der Waals surface area contributed by atoms with Gasteiger partial charge in [0.1, 0.15) is 11.3 Å². The molecular formula is C20H23N5O3. The number of hydrogen-bond acceptors (Lipinski definition) is 5. The standard InChI is InChI=1S/C20H23N5O3/c1-22(2)14-8-6-13(7-9-14)12-23(3)19(27)16-11-10-15-17(21-16)24(4)20(28)25(5)18(15)26/h6-11H,12H2,1-5H3. The number of nitrogens with zero attached hydrogens (tertiary/aromatic N) is 5. The molecule has 0 atom stereocenters. The van der Waals surface area contributed by atoms with Crippen molar-refractivity contribution in [3.8, 4) is 0 Å². The molecule has 0 aliphatic heterocycles. The molecule has 1 amide bonds. The van der Waals surface area contributed by atoms with Crippen LogP contribution < -0.4 is 16.1 Å². The van der Waals surface area contributed by atoms with Gasteiger partial charge in [-0.25, -0.2) is 9.78 Å².